The summed E-state index contributed by atoms with van der Waals surface area (Å²) in [6, 6.07) is 4.01. The van der Waals surface area contributed by atoms with Crippen LogP contribution in [0.5, 0.6) is 0 Å². The second kappa shape index (κ2) is 6.84. The molecule has 1 aliphatic rings. The smallest absolute Gasteiger partial charge is 0.306 e. The van der Waals surface area contributed by atoms with Crippen molar-refractivity contribution in [3.05, 3.63) is 42.2 Å². The molecule has 2 amide bonds. The fraction of sp³-hybridized carbons (Fsp3) is 0.267. The Hall–Kier alpha value is -2.70. The summed E-state index contributed by atoms with van der Waals surface area (Å²) in [6.07, 6.45) is 0.802. The van der Waals surface area contributed by atoms with E-state index in [4.69, 9.17) is 4.74 Å². The van der Waals surface area contributed by atoms with E-state index in [2.05, 4.69) is 17.2 Å². The maximum absolute atomic E-state index is 13.7. The van der Waals surface area contributed by atoms with Crippen LogP contribution in [0, 0.1) is 5.82 Å². The molecule has 22 heavy (non-hydrogen) atoms. The molecule has 1 fully saturated rings. The van der Waals surface area contributed by atoms with Gasteiger partial charge < -0.3 is 15.4 Å². The summed E-state index contributed by atoms with van der Waals surface area (Å²) in [6.45, 7) is 3.25. The maximum Gasteiger partial charge on any atom is 0.306 e. The van der Waals surface area contributed by atoms with E-state index in [1.165, 1.54) is 18.2 Å². The molecule has 0 aromatic heterocycles. The lowest BCUT2D eigenvalue weighted by Gasteiger charge is -2.11. The van der Waals surface area contributed by atoms with Crippen LogP contribution in [0.25, 0.3) is 0 Å². The van der Waals surface area contributed by atoms with Crippen molar-refractivity contribution in [2.45, 2.75) is 25.5 Å². The quantitative estimate of drug-likeness (QED) is 0.634. The number of hydrogen-bond acceptors (Lipinski definition) is 4. The lowest BCUT2D eigenvalue weighted by molar-refractivity contribution is -0.148. The minimum Gasteiger partial charge on any atom is -0.452 e. The van der Waals surface area contributed by atoms with Gasteiger partial charge in [-0.2, -0.15) is 0 Å². The van der Waals surface area contributed by atoms with Gasteiger partial charge in [-0.05, 0) is 24.3 Å². The number of amides is 2. The fourth-order valence-corrected chi connectivity index (χ4v) is 1.99. The average molecular weight is 306 g/mol. The average Bonchev–Trinajstić information content (AvgIpc) is 2.94. The third kappa shape index (κ3) is 3.91. The molecule has 2 rings (SSSR count). The first-order valence-corrected chi connectivity index (χ1v) is 6.68. The molecule has 0 bridgehead atoms. The predicted octanol–water partition coefficient (Wildman–Crippen LogP) is 1.27. The number of nitrogens with one attached hydrogen (secondary N) is 2. The highest BCUT2D eigenvalue weighted by molar-refractivity contribution is 5.98. The van der Waals surface area contributed by atoms with Crippen LogP contribution in [0.3, 0.4) is 0 Å². The highest BCUT2D eigenvalue weighted by atomic mass is 19.1. The van der Waals surface area contributed by atoms with E-state index in [0.717, 1.165) is 6.08 Å². The Kier molecular flexibility index (Phi) is 4.88. The zero-order valence-electron chi connectivity index (χ0n) is 11.7. The van der Waals surface area contributed by atoms with E-state index < -0.39 is 29.7 Å². The van der Waals surface area contributed by atoms with Crippen molar-refractivity contribution >= 4 is 23.5 Å². The Balaban J connectivity index is 1.98. The number of rotatable bonds is 5. The Labute approximate surface area is 126 Å². The third-order valence-corrected chi connectivity index (χ3v) is 3.13. The van der Waals surface area contributed by atoms with Crippen LogP contribution >= 0.6 is 0 Å². The van der Waals surface area contributed by atoms with E-state index in [1.54, 1.807) is 0 Å². The van der Waals surface area contributed by atoms with Gasteiger partial charge in [-0.25, -0.2) is 4.39 Å². The van der Waals surface area contributed by atoms with Gasteiger partial charge >= 0.3 is 5.97 Å². The first-order valence-electron chi connectivity index (χ1n) is 6.68. The van der Waals surface area contributed by atoms with Crippen LogP contribution in [0.4, 0.5) is 10.1 Å². The van der Waals surface area contributed by atoms with Crippen molar-refractivity contribution in [1.82, 2.24) is 5.32 Å². The molecule has 0 spiro atoms. The molecule has 1 aliphatic heterocycles. The number of hydrogen-bond donors (Lipinski definition) is 2. The van der Waals surface area contributed by atoms with Crippen molar-refractivity contribution < 1.29 is 23.5 Å². The fourth-order valence-electron chi connectivity index (χ4n) is 1.99. The summed E-state index contributed by atoms with van der Waals surface area (Å²) in [7, 11) is 0. The van der Waals surface area contributed by atoms with Gasteiger partial charge in [0.15, 0.2) is 6.10 Å². The Morgan fingerprint density at radius 1 is 1.45 bits per heavy atom. The number of esters is 1. The third-order valence-electron chi connectivity index (χ3n) is 3.13. The predicted molar refractivity (Wildman–Crippen MR) is 76.2 cm³/mol. The van der Waals surface area contributed by atoms with Crippen molar-refractivity contribution in [3.8, 4) is 0 Å². The maximum atomic E-state index is 13.7. The van der Waals surface area contributed by atoms with E-state index in [0.29, 0.717) is 12.1 Å². The molecule has 2 N–H and O–H groups in total. The first kappa shape index (κ1) is 15.7. The summed E-state index contributed by atoms with van der Waals surface area (Å²) in [5, 5.41) is 5.01. The van der Waals surface area contributed by atoms with Crippen molar-refractivity contribution in [2.24, 2.45) is 0 Å². The molecule has 0 saturated carbocycles. The number of benzene rings is 1. The first-order chi connectivity index (χ1) is 10.5. The van der Waals surface area contributed by atoms with Gasteiger partial charge in [0.2, 0.25) is 5.91 Å². The second-order valence-corrected chi connectivity index (χ2v) is 4.73. The van der Waals surface area contributed by atoms with Gasteiger partial charge in [-0.15, -0.1) is 0 Å². The number of anilines is 1. The molecule has 1 aromatic rings. The molecule has 0 unspecified atom stereocenters. The normalized spacial score (nSPS) is 16.8. The minimum atomic E-state index is -0.820. The highest BCUT2D eigenvalue weighted by Crippen LogP contribution is 2.16. The largest absolute Gasteiger partial charge is 0.452 e. The number of cyclic esters (lactones) is 1. The molecule has 1 heterocycles. The lowest BCUT2D eigenvalue weighted by Crippen LogP contribution is -2.34. The van der Waals surface area contributed by atoms with Crippen molar-refractivity contribution in [2.75, 3.05) is 5.32 Å². The molecule has 7 heteroatoms. The van der Waals surface area contributed by atoms with E-state index in [1.807, 2.05) is 0 Å². The van der Waals surface area contributed by atoms with Crippen LogP contribution in [0.1, 0.15) is 18.4 Å². The molecule has 6 nitrogen and oxygen atoms in total. The standard InChI is InChI=1S/C15H15FN2O4/c1-2-13(19)18-10-3-4-11(16)9(7-10)8-17-15(21)12-5-6-14(20)22-12/h2-4,7,12H,1,5-6,8H2,(H,17,21)(H,18,19)/t12-/m0/s1. The van der Waals surface area contributed by atoms with Gasteiger partial charge in [0.25, 0.3) is 5.91 Å². The molecule has 0 radical (unpaired) electrons. The lowest BCUT2D eigenvalue weighted by atomic mass is 10.1. The van der Waals surface area contributed by atoms with Gasteiger partial charge in [-0.1, -0.05) is 6.58 Å². The van der Waals surface area contributed by atoms with Crippen molar-refractivity contribution in [1.29, 1.82) is 0 Å². The Bertz CT molecular complexity index is 630. The summed E-state index contributed by atoms with van der Waals surface area (Å²) >= 11 is 0. The topological polar surface area (TPSA) is 84.5 Å². The molecular weight excluding hydrogens is 291 g/mol. The monoisotopic (exact) mass is 306 g/mol. The molecule has 1 atom stereocenters. The Morgan fingerprint density at radius 2 is 2.23 bits per heavy atom. The molecule has 1 aromatic carbocycles. The van der Waals surface area contributed by atoms with E-state index in [9.17, 15) is 18.8 Å². The van der Waals surface area contributed by atoms with Gasteiger partial charge in [0.05, 0.1) is 0 Å². The number of carbonyl (C=O) groups is 3. The van der Waals surface area contributed by atoms with E-state index >= 15 is 0 Å². The SMILES string of the molecule is C=CC(=O)Nc1ccc(F)c(CNC(=O)[C@@H]2CCC(=O)O2)c1. The molecule has 116 valence electrons. The van der Waals surface area contributed by atoms with Crippen LogP contribution in [-0.2, 0) is 25.7 Å². The number of ether oxygens (including phenoxy) is 1. The van der Waals surface area contributed by atoms with E-state index in [-0.39, 0.29) is 18.5 Å². The van der Waals surface area contributed by atoms with Gasteiger partial charge in [0.1, 0.15) is 5.82 Å². The molecule has 0 aliphatic carbocycles. The summed E-state index contributed by atoms with van der Waals surface area (Å²) in [5.74, 6) is -1.81. The van der Waals surface area contributed by atoms with Crippen molar-refractivity contribution in [3.63, 3.8) is 0 Å². The summed E-state index contributed by atoms with van der Waals surface area (Å²) in [4.78, 5) is 33.9. The number of halogens is 1. The minimum absolute atomic E-state index is 0.0729. The zero-order chi connectivity index (χ0) is 16.1. The zero-order valence-corrected chi connectivity index (χ0v) is 11.7. The highest BCUT2D eigenvalue weighted by Gasteiger charge is 2.29. The van der Waals surface area contributed by atoms with Crippen LogP contribution in [-0.4, -0.2) is 23.9 Å². The summed E-state index contributed by atoms with van der Waals surface area (Å²) < 4.78 is 18.5. The Morgan fingerprint density at radius 3 is 2.86 bits per heavy atom. The van der Waals surface area contributed by atoms with Gasteiger partial charge in [0, 0.05) is 30.6 Å². The van der Waals surface area contributed by atoms with Crippen LogP contribution < -0.4 is 10.6 Å². The van der Waals surface area contributed by atoms with Gasteiger partial charge in [-0.3, -0.25) is 14.4 Å². The summed E-state index contributed by atoms with van der Waals surface area (Å²) in [5.41, 5.74) is 0.599. The number of carbonyl (C=O) groups excluding carboxylic acids is 3. The second-order valence-electron chi connectivity index (χ2n) is 4.73. The molecular formula is C15H15FN2O4. The van der Waals surface area contributed by atoms with Crippen LogP contribution in [0.15, 0.2) is 30.9 Å². The molecule has 1 saturated heterocycles. The van der Waals surface area contributed by atoms with Crippen LogP contribution in [0.2, 0.25) is 0 Å².